The molecule has 1 amide bonds. The van der Waals surface area contributed by atoms with E-state index in [0.29, 0.717) is 17.9 Å². The summed E-state index contributed by atoms with van der Waals surface area (Å²) in [7, 11) is 1.63. The van der Waals surface area contributed by atoms with E-state index in [4.69, 9.17) is 10.5 Å². The maximum absolute atomic E-state index is 12.1. The van der Waals surface area contributed by atoms with Gasteiger partial charge in [-0.1, -0.05) is 13.3 Å². The summed E-state index contributed by atoms with van der Waals surface area (Å²) in [5.74, 6) is -0.135. The maximum Gasteiger partial charge on any atom is 0.252 e. The number of ether oxygens (including phenoxy) is 1. The molecule has 0 fully saturated rings. The summed E-state index contributed by atoms with van der Waals surface area (Å²) in [6.45, 7) is 2.59. The normalized spacial score (nSPS) is 12.2. The summed E-state index contributed by atoms with van der Waals surface area (Å²) in [6, 6.07) is 5.21. The van der Waals surface area contributed by atoms with Crippen molar-refractivity contribution in [1.29, 1.82) is 0 Å². The number of benzene rings is 1. The van der Waals surface area contributed by atoms with Crippen LogP contribution in [0.15, 0.2) is 22.7 Å². The van der Waals surface area contributed by atoms with E-state index in [1.807, 2.05) is 0 Å². The number of nitrogens with one attached hydrogen (secondary N) is 1. The van der Waals surface area contributed by atoms with Crippen molar-refractivity contribution in [2.45, 2.75) is 25.8 Å². The number of carbonyl (C=O) groups is 1. The van der Waals surface area contributed by atoms with Crippen LogP contribution in [0.1, 0.15) is 30.1 Å². The standard InChI is InChI=1S/C13H19BrN2O2/c1-3-4-10(8-18-2)16-13(17)11-7-9(15)5-6-12(11)14/h5-7,10H,3-4,8,15H2,1-2H3,(H,16,17). The third-order valence-corrected chi connectivity index (χ3v) is 3.27. The molecule has 0 aliphatic carbocycles. The third kappa shape index (κ3) is 4.31. The number of amides is 1. The summed E-state index contributed by atoms with van der Waals surface area (Å²) < 4.78 is 5.83. The molecule has 18 heavy (non-hydrogen) atoms. The predicted molar refractivity (Wildman–Crippen MR) is 76.6 cm³/mol. The Morgan fingerprint density at radius 3 is 2.89 bits per heavy atom. The smallest absolute Gasteiger partial charge is 0.252 e. The van der Waals surface area contributed by atoms with Gasteiger partial charge in [0, 0.05) is 17.3 Å². The zero-order chi connectivity index (χ0) is 13.5. The highest BCUT2D eigenvalue weighted by Crippen LogP contribution is 2.19. The van der Waals surface area contributed by atoms with Gasteiger partial charge in [0.2, 0.25) is 0 Å². The minimum absolute atomic E-state index is 0.0285. The van der Waals surface area contributed by atoms with Gasteiger partial charge in [-0.05, 0) is 40.5 Å². The Bertz CT molecular complexity index is 404. The molecule has 1 atom stereocenters. The van der Waals surface area contributed by atoms with Crippen LogP contribution in [0.2, 0.25) is 0 Å². The topological polar surface area (TPSA) is 64.3 Å². The molecule has 0 aliphatic heterocycles. The molecule has 0 spiro atoms. The van der Waals surface area contributed by atoms with Gasteiger partial charge in [-0.3, -0.25) is 4.79 Å². The molecular weight excluding hydrogens is 296 g/mol. The number of rotatable bonds is 6. The Morgan fingerprint density at radius 2 is 2.28 bits per heavy atom. The lowest BCUT2D eigenvalue weighted by molar-refractivity contribution is 0.0891. The van der Waals surface area contributed by atoms with E-state index in [9.17, 15) is 4.79 Å². The van der Waals surface area contributed by atoms with Crippen molar-refractivity contribution in [2.75, 3.05) is 19.5 Å². The average Bonchev–Trinajstić information content (AvgIpc) is 2.33. The van der Waals surface area contributed by atoms with E-state index < -0.39 is 0 Å². The van der Waals surface area contributed by atoms with E-state index in [1.165, 1.54) is 0 Å². The molecule has 0 saturated heterocycles. The Kier molecular flexibility index (Phi) is 6.15. The van der Waals surface area contributed by atoms with Gasteiger partial charge in [0.1, 0.15) is 0 Å². The molecule has 0 aliphatic rings. The minimum atomic E-state index is -0.135. The van der Waals surface area contributed by atoms with Crippen molar-refractivity contribution in [1.82, 2.24) is 5.32 Å². The lowest BCUT2D eigenvalue weighted by atomic mass is 10.1. The third-order valence-electron chi connectivity index (χ3n) is 2.58. The highest BCUT2D eigenvalue weighted by atomic mass is 79.9. The quantitative estimate of drug-likeness (QED) is 0.793. The second kappa shape index (κ2) is 7.38. The first kappa shape index (κ1) is 15.0. The molecule has 1 unspecified atom stereocenters. The lowest BCUT2D eigenvalue weighted by Gasteiger charge is -2.17. The average molecular weight is 315 g/mol. The molecule has 1 aromatic carbocycles. The summed E-state index contributed by atoms with van der Waals surface area (Å²) in [5, 5.41) is 2.95. The van der Waals surface area contributed by atoms with Crippen LogP contribution in [0.4, 0.5) is 5.69 Å². The van der Waals surface area contributed by atoms with Crippen LogP contribution in [0.3, 0.4) is 0 Å². The maximum atomic E-state index is 12.1. The molecule has 0 heterocycles. The van der Waals surface area contributed by atoms with Crippen LogP contribution in [-0.4, -0.2) is 25.7 Å². The number of halogens is 1. The molecular formula is C13H19BrN2O2. The van der Waals surface area contributed by atoms with Gasteiger partial charge in [0.05, 0.1) is 18.2 Å². The number of hydrogen-bond donors (Lipinski definition) is 2. The fourth-order valence-electron chi connectivity index (χ4n) is 1.73. The number of nitrogens with two attached hydrogens (primary N) is 1. The zero-order valence-corrected chi connectivity index (χ0v) is 12.3. The van der Waals surface area contributed by atoms with E-state index in [0.717, 1.165) is 17.3 Å². The van der Waals surface area contributed by atoms with Gasteiger partial charge in [0.25, 0.3) is 5.91 Å². The van der Waals surface area contributed by atoms with E-state index >= 15 is 0 Å². The SMILES string of the molecule is CCCC(COC)NC(=O)c1cc(N)ccc1Br. The van der Waals surface area contributed by atoms with Crippen LogP contribution in [0.25, 0.3) is 0 Å². The van der Waals surface area contributed by atoms with Gasteiger partial charge < -0.3 is 15.8 Å². The molecule has 0 saturated carbocycles. The zero-order valence-electron chi connectivity index (χ0n) is 10.7. The fraction of sp³-hybridized carbons (Fsp3) is 0.462. The van der Waals surface area contributed by atoms with Gasteiger partial charge in [-0.25, -0.2) is 0 Å². The number of anilines is 1. The Morgan fingerprint density at radius 1 is 1.56 bits per heavy atom. The summed E-state index contributed by atoms with van der Waals surface area (Å²) in [4.78, 5) is 12.1. The molecule has 0 bridgehead atoms. The highest BCUT2D eigenvalue weighted by molar-refractivity contribution is 9.10. The van der Waals surface area contributed by atoms with E-state index in [2.05, 4.69) is 28.2 Å². The second-order valence-electron chi connectivity index (χ2n) is 4.15. The lowest BCUT2D eigenvalue weighted by Crippen LogP contribution is -2.38. The van der Waals surface area contributed by atoms with Crippen molar-refractivity contribution in [3.63, 3.8) is 0 Å². The van der Waals surface area contributed by atoms with E-state index in [-0.39, 0.29) is 11.9 Å². The van der Waals surface area contributed by atoms with Crippen LogP contribution in [0.5, 0.6) is 0 Å². The number of hydrogen-bond acceptors (Lipinski definition) is 3. The van der Waals surface area contributed by atoms with Crippen molar-refractivity contribution >= 4 is 27.5 Å². The minimum Gasteiger partial charge on any atom is -0.399 e. The first-order valence-corrected chi connectivity index (χ1v) is 6.72. The van der Waals surface area contributed by atoms with Crippen molar-refractivity contribution < 1.29 is 9.53 Å². The Labute approximate surface area is 116 Å². The fourth-order valence-corrected chi connectivity index (χ4v) is 2.15. The summed E-state index contributed by atoms with van der Waals surface area (Å²) >= 11 is 3.35. The molecule has 100 valence electrons. The van der Waals surface area contributed by atoms with Crippen LogP contribution in [0, 0.1) is 0 Å². The number of nitrogen functional groups attached to an aromatic ring is 1. The number of methoxy groups -OCH3 is 1. The van der Waals surface area contributed by atoms with Crippen molar-refractivity contribution in [2.24, 2.45) is 0 Å². The molecule has 3 N–H and O–H groups in total. The van der Waals surface area contributed by atoms with E-state index in [1.54, 1.807) is 25.3 Å². The molecule has 1 aromatic rings. The first-order valence-electron chi connectivity index (χ1n) is 5.93. The monoisotopic (exact) mass is 314 g/mol. The summed E-state index contributed by atoms with van der Waals surface area (Å²) in [6.07, 6.45) is 1.88. The summed E-state index contributed by atoms with van der Waals surface area (Å²) in [5.41, 5.74) is 6.81. The number of carbonyl (C=O) groups excluding carboxylic acids is 1. The molecule has 0 aromatic heterocycles. The first-order chi connectivity index (χ1) is 8.58. The Hall–Kier alpha value is -1.07. The molecule has 0 radical (unpaired) electrons. The van der Waals surface area contributed by atoms with Crippen LogP contribution >= 0.6 is 15.9 Å². The molecule has 4 nitrogen and oxygen atoms in total. The molecule has 1 rings (SSSR count). The molecule has 5 heteroatoms. The predicted octanol–water partition coefficient (Wildman–Crippen LogP) is 2.58. The van der Waals surface area contributed by atoms with Gasteiger partial charge in [-0.2, -0.15) is 0 Å². The van der Waals surface area contributed by atoms with Gasteiger partial charge in [-0.15, -0.1) is 0 Å². The van der Waals surface area contributed by atoms with Gasteiger partial charge in [0.15, 0.2) is 0 Å². The highest BCUT2D eigenvalue weighted by Gasteiger charge is 2.15. The van der Waals surface area contributed by atoms with Gasteiger partial charge >= 0.3 is 0 Å². The van der Waals surface area contributed by atoms with Crippen LogP contribution in [-0.2, 0) is 4.74 Å². The van der Waals surface area contributed by atoms with Crippen molar-refractivity contribution in [3.05, 3.63) is 28.2 Å². The van der Waals surface area contributed by atoms with Crippen molar-refractivity contribution in [3.8, 4) is 0 Å². The van der Waals surface area contributed by atoms with Crippen LogP contribution < -0.4 is 11.1 Å². The Balaban J connectivity index is 2.76. The second-order valence-corrected chi connectivity index (χ2v) is 5.01. The largest absolute Gasteiger partial charge is 0.399 e.